The van der Waals surface area contributed by atoms with Crippen molar-refractivity contribution in [1.82, 2.24) is 25.1 Å². The van der Waals surface area contributed by atoms with Crippen LogP contribution in [-0.2, 0) is 24.4 Å². The van der Waals surface area contributed by atoms with Crippen LogP contribution in [0, 0.1) is 5.82 Å². The van der Waals surface area contributed by atoms with Crippen LogP contribution < -0.4 is 10.6 Å². The minimum atomic E-state index is -4.89. The van der Waals surface area contributed by atoms with Gasteiger partial charge in [-0.3, -0.25) is 14.3 Å². The summed E-state index contributed by atoms with van der Waals surface area (Å²) < 4.78 is 57.4. The highest BCUT2D eigenvalue weighted by atomic mass is 19.4. The van der Waals surface area contributed by atoms with Gasteiger partial charge < -0.3 is 15.7 Å². The Hall–Kier alpha value is -4.65. The molecule has 0 unspecified atom stereocenters. The second kappa shape index (κ2) is 11.1. The highest BCUT2D eigenvalue weighted by Gasteiger charge is 2.36. The number of amides is 2. The zero-order valence-corrected chi connectivity index (χ0v) is 21.6. The molecule has 212 valence electrons. The van der Waals surface area contributed by atoms with Crippen LogP contribution >= 0.6 is 0 Å². The molecule has 4 aromatic rings. The molecule has 1 saturated carbocycles. The van der Waals surface area contributed by atoms with Crippen molar-refractivity contribution in [2.24, 2.45) is 7.05 Å². The quantitative estimate of drug-likeness (QED) is 0.288. The fraction of sp³-hybridized carbons (Fsp3) is 0.250. The summed E-state index contributed by atoms with van der Waals surface area (Å²) in [5.74, 6) is -2.58. The zero-order chi connectivity index (χ0) is 29.3. The molecular weight excluding hydrogens is 544 g/mol. The molecule has 0 atom stereocenters. The fourth-order valence-electron chi connectivity index (χ4n) is 4.48. The van der Waals surface area contributed by atoms with E-state index >= 15 is 0 Å². The van der Waals surface area contributed by atoms with Gasteiger partial charge in [0.05, 0.1) is 46.9 Å². The van der Waals surface area contributed by atoms with E-state index in [9.17, 15) is 32.3 Å². The highest BCUT2D eigenvalue weighted by molar-refractivity contribution is 6.06. The number of hydrogen-bond donors (Lipinski definition) is 3. The van der Waals surface area contributed by atoms with Gasteiger partial charge in [0.25, 0.3) is 5.91 Å². The summed E-state index contributed by atoms with van der Waals surface area (Å²) in [5.41, 5.74) is -1.59. The van der Waals surface area contributed by atoms with E-state index in [0.717, 1.165) is 6.07 Å². The maximum atomic E-state index is 15.0. The fourth-order valence-corrected chi connectivity index (χ4v) is 4.48. The Labute approximate surface area is 231 Å². The molecular formula is C28H24F4N6O3. The Morgan fingerprint density at radius 2 is 1.85 bits per heavy atom. The van der Waals surface area contributed by atoms with Crippen molar-refractivity contribution >= 4 is 17.5 Å². The number of nitrogens with one attached hydrogen (secondary N) is 2. The number of rotatable bonds is 7. The number of benzene rings is 2. The molecule has 0 radical (unpaired) electrons. The van der Waals surface area contributed by atoms with Gasteiger partial charge in [-0.05, 0) is 31.0 Å². The maximum absolute atomic E-state index is 15.0. The third-order valence-corrected chi connectivity index (χ3v) is 6.58. The molecule has 1 aliphatic carbocycles. The molecule has 41 heavy (non-hydrogen) atoms. The van der Waals surface area contributed by atoms with E-state index in [1.807, 2.05) is 0 Å². The van der Waals surface area contributed by atoms with Crippen molar-refractivity contribution in [3.63, 3.8) is 0 Å². The summed E-state index contributed by atoms with van der Waals surface area (Å²) in [6, 6.07) is 10.9. The van der Waals surface area contributed by atoms with Gasteiger partial charge in [0, 0.05) is 30.4 Å². The van der Waals surface area contributed by atoms with Crippen molar-refractivity contribution in [3.05, 3.63) is 83.7 Å². The van der Waals surface area contributed by atoms with Crippen LogP contribution in [-0.4, -0.2) is 48.8 Å². The van der Waals surface area contributed by atoms with Gasteiger partial charge in [-0.1, -0.05) is 30.3 Å². The first-order valence-corrected chi connectivity index (χ1v) is 12.6. The Morgan fingerprint density at radius 3 is 2.49 bits per heavy atom. The smallest absolute Gasteiger partial charge is 0.393 e. The lowest BCUT2D eigenvalue weighted by molar-refractivity contribution is -0.137. The average molecular weight is 569 g/mol. The Balaban J connectivity index is 1.46. The first-order chi connectivity index (χ1) is 19.5. The third-order valence-electron chi connectivity index (χ3n) is 6.58. The zero-order valence-electron chi connectivity index (χ0n) is 21.6. The average Bonchev–Trinajstić information content (AvgIpc) is 3.34. The number of anilines is 1. The van der Waals surface area contributed by atoms with E-state index in [2.05, 4.69) is 25.7 Å². The minimum absolute atomic E-state index is 0.0613. The van der Waals surface area contributed by atoms with E-state index in [1.165, 1.54) is 30.2 Å². The minimum Gasteiger partial charge on any atom is -0.393 e. The Morgan fingerprint density at radius 1 is 1.12 bits per heavy atom. The molecule has 1 fully saturated rings. The summed E-state index contributed by atoms with van der Waals surface area (Å²) in [4.78, 5) is 34.3. The molecule has 2 amide bonds. The number of carbonyl (C=O) groups is 2. The van der Waals surface area contributed by atoms with Crippen molar-refractivity contribution in [1.29, 1.82) is 0 Å². The van der Waals surface area contributed by atoms with E-state index in [-0.39, 0.29) is 47.3 Å². The molecule has 1 aliphatic rings. The lowest BCUT2D eigenvalue weighted by Gasteiger charge is -2.31. The summed E-state index contributed by atoms with van der Waals surface area (Å²) in [5, 5.41) is 18.7. The lowest BCUT2D eigenvalue weighted by atomic mass is 9.89. The monoisotopic (exact) mass is 568 g/mol. The first kappa shape index (κ1) is 27.9. The van der Waals surface area contributed by atoms with E-state index in [4.69, 9.17) is 0 Å². The molecule has 2 heterocycles. The first-order valence-electron chi connectivity index (χ1n) is 12.6. The molecule has 0 aliphatic heterocycles. The number of alkyl halides is 3. The summed E-state index contributed by atoms with van der Waals surface area (Å²) in [6.45, 7) is 0. The van der Waals surface area contributed by atoms with Crippen LogP contribution in [0.1, 0.15) is 34.6 Å². The standard InChI is InChI=1S/C28H24F4N6O3/c1-38-8-7-22(37-38)18-11-19(21(29)12-20(18)28(30,31)32)27(41)35-23-14-33-24(13-25(40)34-16-9-17(39)10-16)36-26(23)15-5-3-2-4-6-15/h2-8,11-12,14,16-17,39H,9-10,13H2,1H3,(H,34,40)(H,35,41)/t16-,17+. The van der Waals surface area contributed by atoms with Gasteiger partial charge in [0.2, 0.25) is 5.91 Å². The maximum Gasteiger partial charge on any atom is 0.417 e. The predicted molar refractivity (Wildman–Crippen MR) is 140 cm³/mol. The Kier molecular flexibility index (Phi) is 7.54. The number of carbonyl (C=O) groups excluding carboxylic acids is 2. The second-order valence-corrected chi connectivity index (χ2v) is 9.69. The number of aryl methyl sites for hydroxylation is 1. The molecule has 3 N–H and O–H groups in total. The third kappa shape index (κ3) is 6.24. The topological polar surface area (TPSA) is 122 Å². The number of nitrogens with zero attached hydrogens (tertiary/aromatic N) is 4. The van der Waals surface area contributed by atoms with E-state index in [0.29, 0.717) is 18.4 Å². The predicted octanol–water partition coefficient (Wildman–Crippen LogP) is 4.14. The Bertz CT molecular complexity index is 1600. The summed E-state index contributed by atoms with van der Waals surface area (Å²) >= 11 is 0. The van der Waals surface area contributed by atoms with Crippen LogP contribution in [0.4, 0.5) is 23.2 Å². The normalized spacial score (nSPS) is 16.6. The second-order valence-electron chi connectivity index (χ2n) is 9.69. The van der Waals surface area contributed by atoms with Crippen LogP contribution in [0.5, 0.6) is 0 Å². The van der Waals surface area contributed by atoms with Gasteiger partial charge in [-0.15, -0.1) is 0 Å². The number of aliphatic hydroxyl groups excluding tert-OH is 1. The number of hydrogen-bond acceptors (Lipinski definition) is 6. The van der Waals surface area contributed by atoms with Crippen molar-refractivity contribution < 1.29 is 32.3 Å². The number of aliphatic hydroxyl groups is 1. The van der Waals surface area contributed by atoms with E-state index in [1.54, 1.807) is 30.3 Å². The molecule has 2 aromatic carbocycles. The van der Waals surface area contributed by atoms with Crippen molar-refractivity contribution in [3.8, 4) is 22.5 Å². The van der Waals surface area contributed by atoms with Crippen LogP contribution in [0.25, 0.3) is 22.5 Å². The molecule has 2 aromatic heterocycles. The largest absolute Gasteiger partial charge is 0.417 e. The molecule has 13 heteroatoms. The molecule has 0 saturated heterocycles. The number of aromatic nitrogens is 4. The van der Waals surface area contributed by atoms with Crippen LogP contribution in [0.2, 0.25) is 0 Å². The molecule has 9 nitrogen and oxygen atoms in total. The SMILES string of the molecule is Cn1ccc(-c2cc(C(=O)Nc3cnc(CC(=O)N[C@H]4C[C@@H](O)C4)nc3-c3ccccc3)c(F)cc2C(F)(F)F)n1. The van der Waals surface area contributed by atoms with Gasteiger partial charge in [0.15, 0.2) is 0 Å². The van der Waals surface area contributed by atoms with Crippen LogP contribution in [0.3, 0.4) is 0 Å². The lowest BCUT2D eigenvalue weighted by Crippen LogP contribution is -2.47. The molecule has 0 bridgehead atoms. The molecule has 0 spiro atoms. The summed E-state index contributed by atoms with van der Waals surface area (Å²) in [6.07, 6.45) is -1.87. The molecule has 5 rings (SSSR count). The van der Waals surface area contributed by atoms with Gasteiger partial charge in [-0.25, -0.2) is 14.4 Å². The van der Waals surface area contributed by atoms with Crippen molar-refractivity contribution in [2.45, 2.75) is 37.6 Å². The van der Waals surface area contributed by atoms with Gasteiger partial charge >= 0.3 is 6.18 Å². The highest BCUT2D eigenvalue weighted by Crippen LogP contribution is 2.38. The van der Waals surface area contributed by atoms with Gasteiger partial charge in [-0.2, -0.15) is 18.3 Å². The van der Waals surface area contributed by atoms with E-state index < -0.39 is 40.7 Å². The van der Waals surface area contributed by atoms with Crippen LogP contribution in [0.15, 0.2) is 60.9 Å². The number of halogens is 4. The summed E-state index contributed by atoms with van der Waals surface area (Å²) in [7, 11) is 1.52. The van der Waals surface area contributed by atoms with Crippen molar-refractivity contribution in [2.75, 3.05) is 5.32 Å². The van der Waals surface area contributed by atoms with Gasteiger partial charge in [0.1, 0.15) is 11.6 Å².